The molecule has 4 fully saturated rings. The van der Waals surface area contributed by atoms with Gasteiger partial charge in [0.2, 0.25) is 0 Å². The normalized spacial score (nSPS) is 34.6. The summed E-state index contributed by atoms with van der Waals surface area (Å²) < 4.78 is 18.1. The van der Waals surface area contributed by atoms with Crippen LogP contribution in [0.1, 0.15) is 126 Å². The third-order valence-electron chi connectivity index (χ3n) is 14.5. The van der Waals surface area contributed by atoms with Crippen molar-refractivity contribution >= 4 is 11.9 Å². The molecule has 4 saturated carbocycles. The first-order valence-corrected chi connectivity index (χ1v) is 19.3. The predicted molar refractivity (Wildman–Crippen MR) is 195 cm³/mol. The van der Waals surface area contributed by atoms with Gasteiger partial charge in [0.05, 0.1) is 29.2 Å². The third kappa shape index (κ3) is 6.89. The Labute approximate surface area is 300 Å². The molecule has 0 heterocycles. The molecule has 0 aromatic heterocycles. The number of ether oxygens (including phenoxy) is 3. The number of hydrogen-bond donors (Lipinski definition) is 0. The molecule has 4 aliphatic rings. The number of hydrogen-bond acceptors (Lipinski definition) is 6. The molecule has 6 rings (SSSR count). The van der Waals surface area contributed by atoms with Crippen LogP contribution in [0.2, 0.25) is 0 Å². The van der Waals surface area contributed by atoms with Crippen LogP contribution in [0.4, 0.5) is 0 Å². The van der Waals surface area contributed by atoms with E-state index in [1.807, 2.05) is 62.4 Å². The van der Waals surface area contributed by atoms with Crippen molar-refractivity contribution in [3.8, 4) is 6.07 Å². The van der Waals surface area contributed by atoms with Crippen molar-refractivity contribution in [2.75, 3.05) is 13.7 Å². The molecule has 0 bridgehead atoms. The molecular formula is C44H59NO5. The highest BCUT2D eigenvalue weighted by molar-refractivity contribution is 5.90. The quantitative estimate of drug-likeness (QED) is 0.220. The van der Waals surface area contributed by atoms with Crippen LogP contribution in [-0.4, -0.2) is 37.4 Å². The first kappa shape index (κ1) is 36.6. The number of rotatable bonds is 11. The highest BCUT2D eigenvalue weighted by Crippen LogP contribution is 2.69. The molecule has 6 nitrogen and oxygen atoms in total. The summed E-state index contributed by atoms with van der Waals surface area (Å²) >= 11 is 0. The summed E-state index contributed by atoms with van der Waals surface area (Å²) in [6, 6.07) is 20.9. The minimum atomic E-state index is -0.765. The Kier molecular flexibility index (Phi) is 10.6. The summed E-state index contributed by atoms with van der Waals surface area (Å²) in [5, 5.41) is 10.0. The molecule has 0 radical (unpaired) electrons. The Morgan fingerprint density at radius 2 is 1.48 bits per heavy atom. The van der Waals surface area contributed by atoms with Crippen LogP contribution in [-0.2, 0) is 14.2 Å². The van der Waals surface area contributed by atoms with Gasteiger partial charge in [-0.05, 0) is 155 Å². The maximum Gasteiger partial charge on any atom is 0.338 e. The predicted octanol–water partition coefficient (Wildman–Crippen LogP) is 10.1. The standard InChI is InChI=1S/C44H59NO5/c1-30(17-22-38(41(2,3)28-45)49-39(46)31-13-9-7-10-14-31)35-20-21-36-34-19-18-33-27-44(29-48-6,50-40(47)32-15-11-8-12-16-32)26-25-42(33,4)37(34)23-24-43(35,36)5/h7-16,30,33-38H,17-27,29H2,1-6H3/t30-,33+,34+,35-,36+,37+,38-,42+,43-,44+/m1/s1. The zero-order valence-electron chi connectivity index (χ0n) is 31.3. The lowest BCUT2D eigenvalue weighted by Gasteiger charge is -2.62. The second kappa shape index (κ2) is 14.5. The van der Waals surface area contributed by atoms with Crippen molar-refractivity contribution in [3.05, 3.63) is 71.8 Å². The fourth-order valence-corrected chi connectivity index (χ4v) is 11.7. The van der Waals surface area contributed by atoms with E-state index in [-0.39, 0.29) is 17.4 Å². The lowest BCUT2D eigenvalue weighted by atomic mass is 9.43. The second-order valence-electron chi connectivity index (χ2n) is 17.6. The summed E-state index contributed by atoms with van der Waals surface area (Å²) in [5.74, 6) is 3.24. The molecule has 0 aliphatic heterocycles. The van der Waals surface area contributed by atoms with Gasteiger partial charge in [0.25, 0.3) is 0 Å². The Morgan fingerprint density at radius 1 is 0.840 bits per heavy atom. The van der Waals surface area contributed by atoms with Gasteiger partial charge in [0, 0.05) is 7.11 Å². The van der Waals surface area contributed by atoms with E-state index in [0.29, 0.717) is 53.2 Å². The maximum atomic E-state index is 13.2. The van der Waals surface area contributed by atoms with Crippen molar-refractivity contribution in [1.82, 2.24) is 0 Å². The van der Waals surface area contributed by atoms with E-state index in [1.165, 1.54) is 38.5 Å². The van der Waals surface area contributed by atoms with Crippen LogP contribution in [0.25, 0.3) is 0 Å². The number of methoxy groups -OCH3 is 1. The molecular weight excluding hydrogens is 622 g/mol. The number of benzene rings is 2. The summed E-state index contributed by atoms with van der Waals surface area (Å²) in [4.78, 5) is 26.3. The summed E-state index contributed by atoms with van der Waals surface area (Å²) in [5.41, 5.74) is 0.366. The van der Waals surface area contributed by atoms with Crippen molar-refractivity contribution in [2.24, 2.45) is 51.8 Å². The van der Waals surface area contributed by atoms with Gasteiger partial charge in [-0.1, -0.05) is 57.2 Å². The first-order chi connectivity index (χ1) is 23.9. The van der Waals surface area contributed by atoms with Crippen LogP contribution in [0.5, 0.6) is 0 Å². The van der Waals surface area contributed by atoms with Gasteiger partial charge in [-0.2, -0.15) is 5.26 Å². The molecule has 0 unspecified atom stereocenters. The van der Waals surface area contributed by atoms with Crippen LogP contribution < -0.4 is 0 Å². The van der Waals surface area contributed by atoms with Crippen LogP contribution in [0.3, 0.4) is 0 Å². The van der Waals surface area contributed by atoms with Crippen molar-refractivity contribution in [2.45, 2.75) is 117 Å². The zero-order chi connectivity index (χ0) is 35.7. The molecule has 10 atom stereocenters. The van der Waals surface area contributed by atoms with Crippen molar-refractivity contribution in [1.29, 1.82) is 5.26 Å². The smallest absolute Gasteiger partial charge is 0.338 e. The van der Waals surface area contributed by atoms with E-state index in [9.17, 15) is 14.9 Å². The Hall–Kier alpha value is -3.17. The topological polar surface area (TPSA) is 85.6 Å². The van der Waals surface area contributed by atoms with Gasteiger partial charge in [0.15, 0.2) is 0 Å². The van der Waals surface area contributed by atoms with Crippen LogP contribution >= 0.6 is 0 Å². The van der Waals surface area contributed by atoms with Crippen molar-refractivity contribution < 1.29 is 23.8 Å². The van der Waals surface area contributed by atoms with Gasteiger partial charge >= 0.3 is 11.9 Å². The monoisotopic (exact) mass is 681 g/mol. The average Bonchev–Trinajstić information content (AvgIpc) is 3.48. The van der Waals surface area contributed by atoms with E-state index < -0.39 is 17.1 Å². The lowest BCUT2D eigenvalue weighted by molar-refractivity contribution is -0.165. The SMILES string of the molecule is COC[C@]1(OC(=O)c2ccccc2)CC[C@@]2(C)[C@@H](CC[C@@H]3[C@@H]2CC[C@]2(C)[C@@H]([C@H](C)CC[C@@H](OC(=O)c4ccccc4)C(C)(C)C#N)CC[C@@H]32)C1. The van der Waals surface area contributed by atoms with Crippen molar-refractivity contribution in [3.63, 3.8) is 0 Å². The van der Waals surface area contributed by atoms with E-state index in [4.69, 9.17) is 14.2 Å². The highest BCUT2D eigenvalue weighted by atomic mass is 16.6. The number of nitriles is 1. The van der Waals surface area contributed by atoms with E-state index in [2.05, 4.69) is 26.8 Å². The third-order valence-corrected chi connectivity index (χ3v) is 14.5. The number of fused-ring (bicyclic) bond motifs is 5. The molecule has 270 valence electrons. The molecule has 0 amide bonds. The van der Waals surface area contributed by atoms with Crippen LogP contribution in [0, 0.1) is 63.1 Å². The molecule has 6 heteroatoms. The zero-order valence-corrected chi connectivity index (χ0v) is 31.3. The summed E-state index contributed by atoms with van der Waals surface area (Å²) in [6.07, 6.45) is 11.5. The van der Waals surface area contributed by atoms with E-state index >= 15 is 0 Å². The summed E-state index contributed by atoms with van der Waals surface area (Å²) in [6.45, 7) is 11.8. The molecule has 4 aliphatic carbocycles. The van der Waals surface area contributed by atoms with Gasteiger partial charge in [-0.15, -0.1) is 0 Å². The molecule has 0 spiro atoms. The minimum absolute atomic E-state index is 0.239. The average molecular weight is 682 g/mol. The van der Waals surface area contributed by atoms with Gasteiger partial charge in [-0.25, -0.2) is 9.59 Å². The van der Waals surface area contributed by atoms with E-state index in [1.54, 1.807) is 19.2 Å². The molecule has 0 N–H and O–H groups in total. The number of carbonyl (C=O) groups excluding carboxylic acids is 2. The Morgan fingerprint density at radius 3 is 2.12 bits per heavy atom. The number of carbonyl (C=O) groups is 2. The Bertz CT molecular complexity index is 1530. The lowest BCUT2D eigenvalue weighted by Crippen LogP contribution is -2.57. The fraction of sp³-hybridized carbons (Fsp3) is 0.659. The molecule has 50 heavy (non-hydrogen) atoms. The largest absolute Gasteiger partial charge is 0.457 e. The van der Waals surface area contributed by atoms with Crippen LogP contribution in [0.15, 0.2) is 60.7 Å². The number of nitrogens with zero attached hydrogens (tertiary/aromatic N) is 1. The molecule has 0 saturated heterocycles. The molecule has 2 aromatic carbocycles. The minimum Gasteiger partial charge on any atom is -0.457 e. The van der Waals surface area contributed by atoms with E-state index in [0.717, 1.165) is 37.5 Å². The molecule has 2 aromatic rings. The Balaban J connectivity index is 1.11. The summed E-state index contributed by atoms with van der Waals surface area (Å²) in [7, 11) is 1.73. The van der Waals surface area contributed by atoms with Gasteiger partial charge in [-0.3, -0.25) is 0 Å². The first-order valence-electron chi connectivity index (χ1n) is 19.3. The van der Waals surface area contributed by atoms with Gasteiger partial charge in [0.1, 0.15) is 11.7 Å². The second-order valence-corrected chi connectivity index (χ2v) is 17.6. The van der Waals surface area contributed by atoms with Gasteiger partial charge < -0.3 is 14.2 Å². The fourth-order valence-electron chi connectivity index (χ4n) is 11.7. The maximum absolute atomic E-state index is 13.2. The number of esters is 2. The highest BCUT2D eigenvalue weighted by Gasteiger charge is 2.62.